The van der Waals surface area contributed by atoms with E-state index >= 15 is 0 Å². The van der Waals surface area contributed by atoms with Crippen molar-refractivity contribution in [1.29, 1.82) is 0 Å². The third kappa shape index (κ3) is 5.94. The molecule has 1 amide bonds. The smallest absolute Gasteiger partial charge is 0.224 e. The first-order valence-electron chi connectivity index (χ1n) is 6.20. The number of nitrogens with one attached hydrogen (secondary N) is 1. The minimum atomic E-state index is -0.141. The Kier molecular flexibility index (Phi) is 8.19. The van der Waals surface area contributed by atoms with Gasteiger partial charge in [-0.25, -0.2) is 0 Å². The number of hydrogen-bond donors (Lipinski definition) is 2. The number of ether oxygens (including phenoxy) is 1. The minimum absolute atomic E-state index is 0. The van der Waals surface area contributed by atoms with Crippen molar-refractivity contribution in [2.45, 2.75) is 26.3 Å². The maximum Gasteiger partial charge on any atom is 0.224 e. The van der Waals surface area contributed by atoms with Crippen molar-refractivity contribution in [2.75, 3.05) is 13.7 Å². The number of amides is 1. The lowest BCUT2D eigenvalue weighted by molar-refractivity contribution is -0.124. The molecule has 0 spiro atoms. The van der Waals surface area contributed by atoms with Crippen LogP contribution in [0.4, 0.5) is 0 Å². The Morgan fingerprint density at radius 1 is 1.42 bits per heavy atom. The fourth-order valence-electron chi connectivity index (χ4n) is 1.70. The second kappa shape index (κ2) is 8.77. The molecule has 4 nitrogen and oxygen atoms in total. The first-order chi connectivity index (χ1) is 8.56. The Labute approximate surface area is 121 Å². The predicted octanol–water partition coefficient (Wildman–Crippen LogP) is 1.76. The highest BCUT2D eigenvalue weighted by Gasteiger charge is 2.13. The summed E-state index contributed by atoms with van der Waals surface area (Å²) >= 11 is 0. The van der Waals surface area contributed by atoms with Crippen LogP contribution in [-0.2, 0) is 11.2 Å². The van der Waals surface area contributed by atoms with Gasteiger partial charge in [-0.1, -0.05) is 19.1 Å². The largest absolute Gasteiger partial charge is 0.497 e. The van der Waals surface area contributed by atoms with E-state index in [9.17, 15) is 4.79 Å². The van der Waals surface area contributed by atoms with Crippen molar-refractivity contribution in [1.82, 2.24) is 5.32 Å². The Morgan fingerprint density at radius 3 is 2.68 bits per heavy atom. The number of nitrogens with two attached hydrogens (primary N) is 1. The third-order valence-corrected chi connectivity index (χ3v) is 2.87. The van der Waals surface area contributed by atoms with Gasteiger partial charge in [-0.05, 0) is 31.0 Å². The standard InChI is InChI=1S/C14H22N2O2.ClH/c1-10(9-15)14(17)16-11(2)7-12-5-4-6-13(8-12)18-3;/h4-6,8,10-11H,7,9,15H2,1-3H3,(H,16,17);1H. The van der Waals surface area contributed by atoms with Crippen LogP contribution in [0.15, 0.2) is 24.3 Å². The van der Waals surface area contributed by atoms with Crippen molar-refractivity contribution in [2.24, 2.45) is 11.7 Å². The van der Waals surface area contributed by atoms with Gasteiger partial charge in [0.1, 0.15) is 5.75 Å². The zero-order valence-corrected chi connectivity index (χ0v) is 12.5. The Hall–Kier alpha value is -1.26. The van der Waals surface area contributed by atoms with Crippen LogP contribution in [0.5, 0.6) is 5.75 Å². The fraction of sp³-hybridized carbons (Fsp3) is 0.500. The van der Waals surface area contributed by atoms with E-state index < -0.39 is 0 Å². The second-order valence-electron chi connectivity index (χ2n) is 4.60. The summed E-state index contributed by atoms with van der Waals surface area (Å²) in [7, 11) is 1.65. The number of rotatable bonds is 6. The van der Waals surface area contributed by atoms with Crippen LogP contribution in [0.3, 0.4) is 0 Å². The molecular formula is C14H23ClN2O2. The van der Waals surface area contributed by atoms with Crippen LogP contribution in [0.25, 0.3) is 0 Å². The van der Waals surface area contributed by atoms with Crippen LogP contribution in [0.2, 0.25) is 0 Å². The van der Waals surface area contributed by atoms with E-state index in [1.807, 2.05) is 38.1 Å². The van der Waals surface area contributed by atoms with Gasteiger partial charge in [-0.2, -0.15) is 0 Å². The highest BCUT2D eigenvalue weighted by Crippen LogP contribution is 2.14. The molecule has 0 radical (unpaired) electrons. The van der Waals surface area contributed by atoms with Gasteiger partial charge in [0, 0.05) is 18.5 Å². The van der Waals surface area contributed by atoms with E-state index in [4.69, 9.17) is 10.5 Å². The van der Waals surface area contributed by atoms with Crippen molar-refractivity contribution in [3.05, 3.63) is 29.8 Å². The molecule has 0 bridgehead atoms. The highest BCUT2D eigenvalue weighted by atomic mass is 35.5. The van der Waals surface area contributed by atoms with E-state index in [0.29, 0.717) is 6.54 Å². The molecule has 1 rings (SSSR count). The molecule has 19 heavy (non-hydrogen) atoms. The van der Waals surface area contributed by atoms with Crippen LogP contribution in [-0.4, -0.2) is 25.6 Å². The summed E-state index contributed by atoms with van der Waals surface area (Å²) in [6.07, 6.45) is 0.778. The summed E-state index contributed by atoms with van der Waals surface area (Å²) in [5.41, 5.74) is 6.60. The number of carbonyl (C=O) groups excluding carboxylic acids is 1. The van der Waals surface area contributed by atoms with Crippen LogP contribution < -0.4 is 15.8 Å². The fourth-order valence-corrected chi connectivity index (χ4v) is 1.70. The molecule has 0 heterocycles. The van der Waals surface area contributed by atoms with Gasteiger partial charge in [-0.15, -0.1) is 12.4 Å². The monoisotopic (exact) mass is 286 g/mol. The number of benzene rings is 1. The number of hydrogen-bond acceptors (Lipinski definition) is 3. The summed E-state index contributed by atoms with van der Waals surface area (Å²) < 4.78 is 5.17. The molecular weight excluding hydrogens is 264 g/mol. The lowest BCUT2D eigenvalue weighted by Gasteiger charge is -2.17. The first-order valence-corrected chi connectivity index (χ1v) is 6.20. The molecule has 1 aromatic rings. The number of halogens is 1. The molecule has 0 fully saturated rings. The van der Waals surface area contributed by atoms with E-state index in [1.54, 1.807) is 7.11 Å². The Bertz CT molecular complexity index is 399. The number of carbonyl (C=O) groups is 1. The summed E-state index contributed by atoms with van der Waals surface area (Å²) in [4.78, 5) is 11.7. The summed E-state index contributed by atoms with van der Waals surface area (Å²) in [5.74, 6) is 0.701. The van der Waals surface area contributed by atoms with Crippen molar-refractivity contribution in [3.63, 3.8) is 0 Å². The predicted molar refractivity (Wildman–Crippen MR) is 79.8 cm³/mol. The van der Waals surface area contributed by atoms with Gasteiger partial charge in [0.05, 0.1) is 7.11 Å². The maximum absolute atomic E-state index is 11.7. The van der Waals surface area contributed by atoms with Crippen LogP contribution in [0.1, 0.15) is 19.4 Å². The van der Waals surface area contributed by atoms with Gasteiger partial charge in [-0.3, -0.25) is 4.79 Å². The quantitative estimate of drug-likeness (QED) is 0.837. The van der Waals surface area contributed by atoms with Gasteiger partial charge >= 0.3 is 0 Å². The minimum Gasteiger partial charge on any atom is -0.497 e. The normalized spacial score (nSPS) is 13.1. The Morgan fingerprint density at radius 2 is 2.11 bits per heavy atom. The van der Waals surface area contributed by atoms with Crippen LogP contribution >= 0.6 is 12.4 Å². The van der Waals surface area contributed by atoms with E-state index in [1.165, 1.54) is 0 Å². The number of methoxy groups -OCH3 is 1. The van der Waals surface area contributed by atoms with E-state index in [2.05, 4.69) is 5.32 Å². The SMILES string of the molecule is COc1cccc(CC(C)NC(=O)C(C)CN)c1.Cl. The van der Waals surface area contributed by atoms with Crippen molar-refractivity contribution >= 4 is 18.3 Å². The second-order valence-corrected chi connectivity index (χ2v) is 4.60. The molecule has 0 aliphatic rings. The first kappa shape index (κ1) is 17.7. The van der Waals surface area contributed by atoms with Gasteiger partial charge < -0.3 is 15.8 Å². The third-order valence-electron chi connectivity index (χ3n) is 2.87. The highest BCUT2D eigenvalue weighted by molar-refractivity contribution is 5.85. The average Bonchev–Trinajstić information content (AvgIpc) is 2.37. The summed E-state index contributed by atoms with van der Waals surface area (Å²) in [5, 5.41) is 2.96. The molecule has 0 saturated carbocycles. The van der Waals surface area contributed by atoms with Gasteiger partial charge in [0.25, 0.3) is 0 Å². The molecule has 108 valence electrons. The molecule has 1 aromatic carbocycles. The van der Waals surface area contributed by atoms with Crippen LogP contribution in [0, 0.1) is 5.92 Å². The average molecular weight is 287 g/mol. The zero-order chi connectivity index (χ0) is 13.5. The molecule has 5 heteroatoms. The molecule has 3 N–H and O–H groups in total. The molecule has 2 unspecified atom stereocenters. The molecule has 0 saturated heterocycles. The molecule has 0 aromatic heterocycles. The van der Waals surface area contributed by atoms with E-state index in [-0.39, 0.29) is 30.3 Å². The topological polar surface area (TPSA) is 64.3 Å². The Balaban J connectivity index is 0.00000324. The van der Waals surface area contributed by atoms with Gasteiger partial charge in [0.2, 0.25) is 5.91 Å². The maximum atomic E-state index is 11.7. The van der Waals surface area contributed by atoms with E-state index in [0.717, 1.165) is 17.7 Å². The molecule has 2 atom stereocenters. The van der Waals surface area contributed by atoms with Gasteiger partial charge in [0.15, 0.2) is 0 Å². The molecule has 0 aliphatic heterocycles. The summed E-state index contributed by atoms with van der Waals surface area (Å²) in [6.45, 7) is 4.19. The van der Waals surface area contributed by atoms with Crippen molar-refractivity contribution in [3.8, 4) is 5.75 Å². The van der Waals surface area contributed by atoms with Crippen molar-refractivity contribution < 1.29 is 9.53 Å². The zero-order valence-electron chi connectivity index (χ0n) is 11.7. The summed E-state index contributed by atoms with van der Waals surface area (Å²) in [6, 6.07) is 7.94. The molecule has 0 aliphatic carbocycles. The lowest BCUT2D eigenvalue weighted by Crippen LogP contribution is -2.39. The lowest BCUT2D eigenvalue weighted by atomic mass is 10.1.